The van der Waals surface area contributed by atoms with Crippen molar-refractivity contribution in [3.8, 4) is 11.5 Å². The Bertz CT molecular complexity index is 1050. The molecule has 0 bridgehead atoms. The molecule has 1 saturated heterocycles. The Morgan fingerprint density at radius 3 is 2.50 bits per heavy atom. The van der Waals surface area contributed by atoms with Gasteiger partial charge in [0.2, 0.25) is 5.91 Å². The molecular weight excluding hydrogens is 398 g/mol. The zero-order valence-corrected chi connectivity index (χ0v) is 19.4. The van der Waals surface area contributed by atoms with E-state index in [0.29, 0.717) is 5.91 Å². The maximum Gasteiger partial charge on any atom is 0.226 e. The van der Waals surface area contributed by atoms with Gasteiger partial charge >= 0.3 is 0 Å². The number of hydrogen-bond donors (Lipinski definition) is 0. The standard InChI is InChI=1S/C27H33N3O2/c1-18-10-12-24-22(15-18)26(28-23-11-9-19(2)16-25(23)32-24)29-13-14-30(20(3)17-29)27(31)21-7-5-4-6-8-21/h9-12,15-16,20-21H,4-8,13-14,17H2,1-3H3. The fourth-order valence-electron chi connectivity index (χ4n) is 5.30. The van der Waals surface area contributed by atoms with Crippen molar-refractivity contribution in [2.75, 3.05) is 19.6 Å². The molecule has 3 aliphatic rings. The van der Waals surface area contributed by atoms with E-state index in [4.69, 9.17) is 9.73 Å². The summed E-state index contributed by atoms with van der Waals surface area (Å²) in [5.41, 5.74) is 4.21. The fraction of sp³-hybridized carbons (Fsp3) is 0.481. The van der Waals surface area contributed by atoms with Crippen LogP contribution in [0.1, 0.15) is 55.7 Å². The third kappa shape index (κ3) is 4.01. The minimum absolute atomic E-state index is 0.163. The third-order valence-corrected chi connectivity index (χ3v) is 7.10. The molecule has 2 fully saturated rings. The zero-order chi connectivity index (χ0) is 22.2. The van der Waals surface area contributed by atoms with Gasteiger partial charge in [0.25, 0.3) is 0 Å². The Balaban J connectivity index is 1.44. The molecule has 5 rings (SSSR count). The Morgan fingerprint density at radius 1 is 0.969 bits per heavy atom. The molecule has 168 valence electrons. The smallest absolute Gasteiger partial charge is 0.226 e. The molecule has 32 heavy (non-hydrogen) atoms. The summed E-state index contributed by atoms with van der Waals surface area (Å²) >= 11 is 0. The SMILES string of the molecule is Cc1ccc2c(c1)Oc1ccc(C)cc1C(N1CCN(C(=O)C3CCCCC3)C(C)C1)=N2. The monoisotopic (exact) mass is 431 g/mol. The van der Waals surface area contributed by atoms with Gasteiger partial charge in [0.15, 0.2) is 5.75 Å². The Kier molecular flexibility index (Phi) is 5.66. The van der Waals surface area contributed by atoms with Crippen molar-refractivity contribution in [2.45, 2.75) is 58.9 Å². The second-order valence-corrected chi connectivity index (χ2v) is 9.67. The lowest BCUT2D eigenvalue weighted by atomic mass is 9.87. The molecule has 0 aromatic heterocycles. The van der Waals surface area contributed by atoms with Crippen LogP contribution in [-0.4, -0.2) is 47.2 Å². The number of benzene rings is 2. The highest BCUT2D eigenvalue weighted by Gasteiger charge is 2.34. The van der Waals surface area contributed by atoms with Crippen molar-refractivity contribution in [1.29, 1.82) is 0 Å². The second-order valence-electron chi connectivity index (χ2n) is 9.67. The number of amidine groups is 1. The highest BCUT2D eigenvalue weighted by molar-refractivity contribution is 6.04. The van der Waals surface area contributed by atoms with Gasteiger partial charge in [-0.25, -0.2) is 4.99 Å². The highest BCUT2D eigenvalue weighted by Crippen LogP contribution is 2.39. The maximum absolute atomic E-state index is 13.2. The van der Waals surface area contributed by atoms with Gasteiger partial charge in [-0.2, -0.15) is 0 Å². The molecule has 5 heteroatoms. The number of carbonyl (C=O) groups is 1. The number of rotatable bonds is 1. The molecule has 0 spiro atoms. The zero-order valence-electron chi connectivity index (χ0n) is 19.4. The van der Waals surface area contributed by atoms with Gasteiger partial charge in [-0.15, -0.1) is 0 Å². The van der Waals surface area contributed by atoms with Gasteiger partial charge < -0.3 is 14.5 Å². The molecule has 1 saturated carbocycles. The minimum atomic E-state index is 0.163. The summed E-state index contributed by atoms with van der Waals surface area (Å²) in [5.74, 6) is 3.17. The van der Waals surface area contributed by atoms with E-state index in [2.05, 4.69) is 54.8 Å². The third-order valence-electron chi connectivity index (χ3n) is 7.10. The molecule has 0 radical (unpaired) electrons. The summed E-state index contributed by atoms with van der Waals surface area (Å²) < 4.78 is 6.32. The quantitative estimate of drug-likeness (QED) is 0.590. The van der Waals surface area contributed by atoms with Crippen molar-refractivity contribution in [3.05, 3.63) is 53.1 Å². The number of aliphatic imine (C=N–C) groups is 1. The van der Waals surface area contributed by atoms with Gasteiger partial charge in [-0.3, -0.25) is 4.79 Å². The fourth-order valence-corrected chi connectivity index (χ4v) is 5.30. The van der Waals surface area contributed by atoms with Crippen LogP contribution in [0.15, 0.2) is 41.4 Å². The predicted molar refractivity (Wildman–Crippen MR) is 128 cm³/mol. The number of piperazine rings is 1. The molecule has 1 atom stereocenters. The molecule has 1 amide bonds. The van der Waals surface area contributed by atoms with Crippen LogP contribution < -0.4 is 4.74 Å². The molecule has 2 heterocycles. The van der Waals surface area contributed by atoms with E-state index in [1.807, 2.05) is 12.1 Å². The van der Waals surface area contributed by atoms with E-state index >= 15 is 0 Å². The van der Waals surface area contributed by atoms with Crippen LogP contribution in [0.4, 0.5) is 5.69 Å². The van der Waals surface area contributed by atoms with Crippen molar-refractivity contribution in [3.63, 3.8) is 0 Å². The number of carbonyl (C=O) groups excluding carboxylic acids is 1. The van der Waals surface area contributed by atoms with E-state index in [0.717, 1.165) is 66.6 Å². The van der Waals surface area contributed by atoms with E-state index < -0.39 is 0 Å². The van der Waals surface area contributed by atoms with Crippen LogP contribution in [0.3, 0.4) is 0 Å². The minimum Gasteiger partial charge on any atom is -0.454 e. The number of hydrogen-bond acceptors (Lipinski definition) is 4. The van der Waals surface area contributed by atoms with Gasteiger partial charge in [-0.05, 0) is 63.4 Å². The number of ether oxygens (including phenoxy) is 1. The highest BCUT2D eigenvalue weighted by atomic mass is 16.5. The molecule has 2 aromatic carbocycles. The van der Waals surface area contributed by atoms with E-state index in [1.54, 1.807) is 0 Å². The lowest BCUT2D eigenvalue weighted by Gasteiger charge is -2.43. The molecular formula is C27H33N3O2. The van der Waals surface area contributed by atoms with Crippen molar-refractivity contribution >= 4 is 17.4 Å². The Labute approximate surface area is 191 Å². The molecule has 2 aliphatic heterocycles. The number of fused-ring (bicyclic) bond motifs is 2. The molecule has 1 aliphatic carbocycles. The van der Waals surface area contributed by atoms with Crippen LogP contribution in [0.25, 0.3) is 0 Å². The Morgan fingerprint density at radius 2 is 1.72 bits per heavy atom. The second kappa shape index (κ2) is 8.61. The lowest BCUT2D eigenvalue weighted by Crippen LogP contribution is -2.56. The average molecular weight is 432 g/mol. The van der Waals surface area contributed by atoms with E-state index in [1.165, 1.54) is 24.8 Å². The number of amides is 1. The average Bonchev–Trinajstić information content (AvgIpc) is 2.95. The normalized spacial score (nSPS) is 21.2. The predicted octanol–water partition coefficient (Wildman–Crippen LogP) is 5.60. The molecule has 1 unspecified atom stereocenters. The van der Waals surface area contributed by atoms with Crippen LogP contribution >= 0.6 is 0 Å². The van der Waals surface area contributed by atoms with Gasteiger partial charge in [-0.1, -0.05) is 37.0 Å². The number of nitrogens with zero attached hydrogens (tertiary/aromatic N) is 3. The van der Waals surface area contributed by atoms with Crippen molar-refractivity contribution < 1.29 is 9.53 Å². The van der Waals surface area contributed by atoms with Crippen molar-refractivity contribution in [1.82, 2.24) is 9.80 Å². The first kappa shape index (κ1) is 21.0. The summed E-state index contributed by atoms with van der Waals surface area (Å²) in [6.07, 6.45) is 5.76. The summed E-state index contributed by atoms with van der Waals surface area (Å²) in [4.78, 5) is 22.8. The van der Waals surface area contributed by atoms with Gasteiger partial charge in [0.05, 0.1) is 5.56 Å². The summed E-state index contributed by atoms with van der Waals surface area (Å²) in [6, 6.07) is 12.6. The summed E-state index contributed by atoms with van der Waals surface area (Å²) in [5, 5.41) is 0. The molecule has 2 aromatic rings. The topological polar surface area (TPSA) is 45.1 Å². The van der Waals surface area contributed by atoms with Crippen LogP contribution in [0, 0.1) is 19.8 Å². The molecule has 5 nitrogen and oxygen atoms in total. The van der Waals surface area contributed by atoms with Crippen molar-refractivity contribution in [2.24, 2.45) is 10.9 Å². The van der Waals surface area contributed by atoms with Gasteiger partial charge in [0, 0.05) is 31.6 Å². The van der Waals surface area contributed by atoms with Crippen LogP contribution in [0.2, 0.25) is 0 Å². The lowest BCUT2D eigenvalue weighted by molar-refractivity contribution is -0.140. The maximum atomic E-state index is 13.2. The molecule has 0 N–H and O–H groups in total. The van der Waals surface area contributed by atoms with Crippen LogP contribution in [-0.2, 0) is 4.79 Å². The first-order valence-corrected chi connectivity index (χ1v) is 12.0. The summed E-state index contributed by atoms with van der Waals surface area (Å²) in [6.45, 7) is 8.67. The largest absolute Gasteiger partial charge is 0.454 e. The summed E-state index contributed by atoms with van der Waals surface area (Å²) in [7, 11) is 0. The van der Waals surface area contributed by atoms with E-state index in [9.17, 15) is 4.79 Å². The van der Waals surface area contributed by atoms with E-state index in [-0.39, 0.29) is 12.0 Å². The van der Waals surface area contributed by atoms with Gasteiger partial charge in [0.1, 0.15) is 17.3 Å². The number of aryl methyl sites for hydroxylation is 2. The van der Waals surface area contributed by atoms with Crippen LogP contribution in [0.5, 0.6) is 11.5 Å². The first-order chi connectivity index (χ1) is 15.5. The first-order valence-electron chi connectivity index (χ1n) is 12.0. The Hall–Kier alpha value is -2.82.